The van der Waals surface area contributed by atoms with E-state index in [-0.39, 0.29) is 10.1 Å². The van der Waals surface area contributed by atoms with Crippen molar-refractivity contribution >= 4 is 26.3 Å². The smallest absolute Gasteiger partial charge is 0.234 e. The Morgan fingerprint density at radius 3 is 2.90 bits per heavy atom. The van der Waals surface area contributed by atoms with Gasteiger partial charge in [0.15, 0.2) is 0 Å². The molecule has 0 amide bonds. The van der Waals surface area contributed by atoms with Gasteiger partial charge in [0, 0.05) is 18.8 Å². The SMILES string of the molecule is CCNc1nnc(S(=O)(=O)Cc2ccnc(OC)c2)s1. The van der Waals surface area contributed by atoms with Crippen molar-refractivity contribution in [3.63, 3.8) is 0 Å². The van der Waals surface area contributed by atoms with Gasteiger partial charge in [-0.1, -0.05) is 11.3 Å². The number of pyridine rings is 1. The Bertz CT molecular complexity index is 684. The van der Waals surface area contributed by atoms with Crippen LogP contribution in [-0.2, 0) is 15.6 Å². The van der Waals surface area contributed by atoms with E-state index in [0.717, 1.165) is 11.3 Å². The number of ether oxygens (including phenoxy) is 1. The number of rotatable bonds is 6. The highest BCUT2D eigenvalue weighted by molar-refractivity contribution is 7.92. The van der Waals surface area contributed by atoms with E-state index in [9.17, 15) is 8.42 Å². The van der Waals surface area contributed by atoms with Crippen LogP contribution in [0, 0.1) is 0 Å². The van der Waals surface area contributed by atoms with Crippen molar-refractivity contribution in [2.45, 2.75) is 17.0 Å². The minimum absolute atomic E-state index is 0.00392. The second-order valence-corrected chi connectivity index (χ2v) is 7.01. The van der Waals surface area contributed by atoms with E-state index in [1.54, 1.807) is 12.1 Å². The van der Waals surface area contributed by atoms with Crippen molar-refractivity contribution in [2.24, 2.45) is 0 Å². The number of aromatic nitrogens is 3. The molecule has 0 aliphatic heterocycles. The highest BCUT2D eigenvalue weighted by Crippen LogP contribution is 2.23. The minimum atomic E-state index is -3.51. The van der Waals surface area contributed by atoms with Crippen LogP contribution in [0.1, 0.15) is 12.5 Å². The molecule has 0 atom stereocenters. The molecule has 9 heteroatoms. The van der Waals surface area contributed by atoms with Crippen molar-refractivity contribution in [3.8, 4) is 5.88 Å². The van der Waals surface area contributed by atoms with Crippen LogP contribution in [-0.4, -0.2) is 37.3 Å². The number of hydrogen-bond donors (Lipinski definition) is 1. The van der Waals surface area contributed by atoms with Gasteiger partial charge in [-0.25, -0.2) is 13.4 Å². The fraction of sp³-hybridized carbons (Fsp3) is 0.364. The van der Waals surface area contributed by atoms with Gasteiger partial charge in [0.1, 0.15) is 0 Å². The fourth-order valence-corrected chi connectivity index (χ4v) is 3.86. The predicted molar refractivity (Wildman–Crippen MR) is 75.8 cm³/mol. The van der Waals surface area contributed by atoms with E-state index in [0.29, 0.717) is 23.1 Å². The molecule has 1 N–H and O–H groups in total. The van der Waals surface area contributed by atoms with Gasteiger partial charge in [-0.3, -0.25) is 0 Å². The third-order valence-corrected chi connectivity index (χ3v) is 5.38. The first kappa shape index (κ1) is 14.7. The summed E-state index contributed by atoms with van der Waals surface area (Å²) in [5.74, 6) is 0.218. The summed E-state index contributed by atoms with van der Waals surface area (Å²) in [6, 6.07) is 3.22. The predicted octanol–water partition coefficient (Wildman–Crippen LogP) is 1.35. The summed E-state index contributed by atoms with van der Waals surface area (Å²) in [5.41, 5.74) is 0.594. The maximum atomic E-state index is 12.2. The van der Waals surface area contributed by atoms with Crippen LogP contribution in [0.25, 0.3) is 0 Å². The first-order valence-corrected chi connectivity index (χ1v) is 8.31. The van der Waals surface area contributed by atoms with Crippen LogP contribution >= 0.6 is 11.3 Å². The molecule has 2 rings (SSSR count). The lowest BCUT2D eigenvalue weighted by Gasteiger charge is -2.03. The summed E-state index contributed by atoms with van der Waals surface area (Å²) in [6.45, 7) is 2.56. The molecule has 2 heterocycles. The highest BCUT2D eigenvalue weighted by atomic mass is 32.2. The summed E-state index contributed by atoms with van der Waals surface area (Å²) in [4.78, 5) is 3.94. The maximum Gasteiger partial charge on any atom is 0.234 e. The molecule has 0 unspecified atom stereocenters. The Morgan fingerprint density at radius 2 is 2.20 bits per heavy atom. The number of hydrogen-bond acceptors (Lipinski definition) is 8. The van der Waals surface area contributed by atoms with Gasteiger partial charge in [0.05, 0.1) is 12.9 Å². The van der Waals surface area contributed by atoms with E-state index >= 15 is 0 Å². The zero-order chi connectivity index (χ0) is 14.6. The van der Waals surface area contributed by atoms with Crippen LogP contribution in [0.4, 0.5) is 5.13 Å². The van der Waals surface area contributed by atoms with Gasteiger partial charge in [-0.05, 0) is 18.6 Å². The molecule has 20 heavy (non-hydrogen) atoms. The molecule has 2 aromatic heterocycles. The largest absolute Gasteiger partial charge is 0.481 e. The van der Waals surface area contributed by atoms with Crippen LogP contribution in [0.2, 0.25) is 0 Å². The average Bonchev–Trinajstić information content (AvgIpc) is 2.88. The summed E-state index contributed by atoms with van der Waals surface area (Å²) in [6.07, 6.45) is 1.51. The second kappa shape index (κ2) is 6.14. The molecular weight excluding hydrogens is 300 g/mol. The number of methoxy groups -OCH3 is 1. The van der Waals surface area contributed by atoms with Crippen molar-refractivity contribution in [1.82, 2.24) is 15.2 Å². The minimum Gasteiger partial charge on any atom is -0.481 e. The summed E-state index contributed by atoms with van der Waals surface area (Å²) in [7, 11) is -2.03. The molecule has 0 saturated carbocycles. The fourth-order valence-electron chi connectivity index (χ4n) is 1.49. The van der Waals surface area contributed by atoms with Gasteiger partial charge in [0.25, 0.3) is 0 Å². The standard InChI is InChI=1S/C11H14N4O3S2/c1-3-12-10-14-15-11(19-10)20(16,17)7-8-4-5-13-9(6-8)18-2/h4-6H,3,7H2,1-2H3,(H,12,14). The Hall–Kier alpha value is -1.74. The molecule has 7 nitrogen and oxygen atoms in total. The van der Waals surface area contributed by atoms with Crippen molar-refractivity contribution in [1.29, 1.82) is 0 Å². The molecule has 108 valence electrons. The van der Waals surface area contributed by atoms with E-state index in [1.807, 2.05) is 6.92 Å². The number of anilines is 1. The van der Waals surface area contributed by atoms with E-state index in [1.165, 1.54) is 13.3 Å². The maximum absolute atomic E-state index is 12.2. The van der Waals surface area contributed by atoms with Gasteiger partial charge >= 0.3 is 0 Å². The number of nitrogens with zero attached hydrogens (tertiary/aromatic N) is 3. The Kier molecular flexibility index (Phi) is 4.50. The first-order valence-electron chi connectivity index (χ1n) is 5.84. The Labute approximate surface area is 121 Å². The van der Waals surface area contributed by atoms with Gasteiger partial charge in [-0.15, -0.1) is 10.2 Å². The molecule has 0 bridgehead atoms. The topological polar surface area (TPSA) is 94.1 Å². The molecule has 0 aromatic carbocycles. The van der Waals surface area contributed by atoms with Crippen LogP contribution < -0.4 is 10.1 Å². The zero-order valence-electron chi connectivity index (χ0n) is 11.0. The number of sulfone groups is 1. The Morgan fingerprint density at radius 1 is 1.40 bits per heavy atom. The van der Waals surface area contributed by atoms with Crippen LogP contribution in [0.5, 0.6) is 5.88 Å². The van der Waals surface area contributed by atoms with E-state index in [4.69, 9.17) is 4.74 Å². The summed E-state index contributed by atoms with van der Waals surface area (Å²) < 4.78 is 29.4. The molecule has 0 aliphatic carbocycles. The molecule has 0 radical (unpaired) electrons. The van der Waals surface area contributed by atoms with Crippen molar-refractivity contribution in [3.05, 3.63) is 23.9 Å². The van der Waals surface area contributed by atoms with Gasteiger partial charge < -0.3 is 10.1 Å². The molecular formula is C11H14N4O3S2. The molecule has 0 fully saturated rings. The lowest BCUT2D eigenvalue weighted by molar-refractivity contribution is 0.397. The van der Waals surface area contributed by atoms with E-state index in [2.05, 4.69) is 20.5 Å². The monoisotopic (exact) mass is 314 g/mol. The van der Waals surface area contributed by atoms with Crippen molar-refractivity contribution < 1.29 is 13.2 Å². The second-order valence-electron chi connectivity index (χ2n) is 3.87. The van der Waals surface area contributed by atoms with Crippen LogP contribution in [0.3, 0.4) is 0 Å². The normalized spacial score (nSPS) is 11.3. The lowest BCUT2D eigenvalue weighted by Crippen LogP contribution is -2.05. The number of nitrogens with one attached hydrogen (secondary N) is 1. The molecule has 0 saturated heterocycles. The quantitative estimate of drug-likeness (QED) is 0.860. The highest BCUT2D eigenvalue weighted by Gasteiger charge is 2.21. The summed E-state index contributed by atoms with van der Waals surface area (Å²) >= 11 is 1.03. The third kappa shape index (κ3) is 3.42. The van der Waals surface area contributed by atoms with Gasteiger partial charge in [0.2, 0.25) is 25.2 Å². The van der Waals surface area contributed by atoms with Crippen molar-refractivity contribution in [2.75, 3.05) is 19.0 Å². The van der Waals surface area contributed by atoms with Gasteiger partial charge in [-0.2, -0.15) is 0 Å². The average molecular weight is 314 g/mol. The first-order chi connectivity index (χ1) is 9.55. The summed E-state index contributed by atoms with van der Waals surface area (Å²) in [5, 5.41) is 10.9. The molecule has 0 aliphatic rings. The van der Waals surface area contributed by atoms with Crippen LogP contribution in [0.15, 0.2) is 22.7 Å². The zero-order valence-corrected chi connectivity index (χ0v) is 12.7. The van der Waals surface area contributed by atoms with E-state index < -0.39 is 9.84 Å². The molecule has 2 aromatic rings. The molecule has 0 spiro atoms. The Balaban J connectivity index is 2.21. The third-order valence-electron chi connectivity index (χ3n) is 2.37. The lowest BCUT2D eigenvalue weighted by atomic mass is 10.3.